The van der Waals surface area contributed by atoms with E-state index in [-0.39, 0.29) is 5.91 Å². The number of thiazole rings is 1. The van der Waals surface area contributed by atoms with E-state index in [1.54, 1.807) is 11.3 Å². The maximum Gasteiger partial charge on any atom is 0.252 e. The van der Waals surface area contributed by atoms with Crippen molar-refractivity contribution in [1.29, 1.82) is 0 Å². The van der Waals surface area contributed by atoms with E-state index in [9.17, 15) is 4.79 Å². The van der Waals surface area contributed by atoms with Crippen LogP contribution in [0.15, 0.2) is 35.3 Å². The summed E-state index contributed by atoms with van der Waals surface area (Å²) < 4.78 is 3.15. The number of carbonyl (C=O) groups excluding carboxylic acids is 1. The molecule has 3 aromatic rings. The fourth-order valence-corrected chi connectivity index (χ4v) is 4.27. The summed E-state index contributed by atoms with van der Waals surface area (Å²) in [5.74, 6) is -0.0936. The monoisotopic (exact) mass is 338 g/mol. The van der Waals surface area contributed by atoms with Gasteiger partial charge in [-0.05, 0) is 62.1 Å². The summed E-state index contributed by atoms with van der Waals surface area (Å²) in [7, 11) is 1.96. The summed E-state index contributed by atoms with van der Waals surface area (Å²) in [5.41, 5.74) is 6.96. The van der Waals surface area contributed by atoms with Gasteiger partial charge in [-0.15, -0.1) is 0 Å². The number of aromatic nitrogens is 1. The zero-order chi connectivity index (χ0) is 17.4. The van der Waals surface area contributed by atoms with Crippen LogP contribution in [0, 0.1) is 27.7 Å². The predicted molar refractivity (Wildman–Crippen MR) is 100 cm³/mol. The van der Waals surface area contributed by atoms with Crippen LogP contribution in [0.2, 0.25) is 0 Å². The Balaban J connectivity index is 1.97. The maximum atomic E-state index is 12.5. The first-order valence-corrected chi connectivity index (χ1v) is 8.87. The molecule has 2 aromatic carbocycles. The number of aryl methyl sites for hydroxylation is 5. The number of nitrogens with zero attached hydrogens (tertiary/aromatic N) is 2. The molecule has 0 radical (unpaired) electrons. The van der Waals surface area contributed by atoms with Crippen LogP contribution in [0.25, 0.3) is 10.2 Å². The zero-order valence-electron chi connectivity index (χ0n) is 14.8. The van der Waals surface area contributed by atoms with E-state index in [1.807, 2.05) is 11.6 Å². The minimum absolute atomic E-state index is 0.0936. The molecule has 0 saturated carbocycles. The van der Waals surface area contributed by atoms with Crippen molar-refractivity contribution < 1.29 is 4.79 Å². The van der Waals surface area contributed by atoms with Gasteiger partial charge in [-0.3, -0.25) is 4.79 Å². The summed E-state index contributed by atoms with van der Waals surface area (Å²) in [6, 6.07) is 10.5. The maximum absolute atomic E-state index is 12.5. The normalized spacial score (nSPS) is 12.1. The Morgan fingerprint density at radius 2 is 1.71 bits per heavy atom. The van der Waals surface area contributed by atoms with E-state index in [1.165, 1.54) is 11.1 Å². The van der Waals surface area contributed by atoms with Crippen molar-refractivity contribution in [3.8, 4) is 0 Å². The van der Waals surface area contributed by atoms with Gasteiger partial charge < -0.3 is 4.57 Å². The van der Waals surface area contributed by atoms with Crippen molar-refractivity contribution in [3.05, 3.63) is 63.0 Å². The van der Waals surface area contributed by atoms with Crippen molar-refractivity contribution >= 4 is 27.5 Å². The molecular weight excluding hydrogens is 316 g/mol. The molecule has 1 amide bonds. The summed E-state index contributed by atoms with van der Waals surface area (Å²) in [5, 5.41) is 0. The van der Waals surface area contributed by atoms with Gasteiger partial charge in [-0.25, -0.2) is 0 Å². The van der Waals surface area contributed by atoms with Crippen LogP contribution in [0.1, 0.15) is 27.8 Å². The van der Waals surface area contributed by atoms with Crippen LogP contribution in [0.3, 0.4) is 0 Å². The summed E-state index contributed by atoms with van der Waals surface area (Å²) in [4.78, 5) is 17.6. The van der Waals surface area contributed by atoms with Gasteiger partial charge >= 0.3 is 0 Å². The smallest absolute Gasteiger partial charge is 0.252 e. The number of hydrogen-bond donors (Lipinski definition) is 0. The number of benzene rings is 2. The van der Waals surface area contributed by atoms with E-state index in [4.69, 9.17) is 0 Å². The third-order valence-corrected chi connectivity index (χ3v) is 5.45. The standard InChI is InChI=1S/C20H22N2OS/c1-12-6-7-17-18(10-12)24-20(22(17)5)21-19(23)11-16-14(3)8-13(2)9-15(16)4/h6-10H,11H2,1-5H3. The van der Waals surface area contributed by atoms with Crippen LogP contribution in [-0.4, -0.2) is 10.5 Å². The molecule has 0 N–H and O–H groups in total. The largest absolute Gasteiger partial charge is 0.319 e. The van der Waals surface area contributed by atoms with E-state index in [2.05, 4.69) is 63.0 Å². The highest BCUT2D eigenvalue weighted by Crippen LogP contribution is 2.19. The minimum Gasteiger partial charge on any atom is -0.319 e. The molecule has 0 aliphatic carbocycles. The van der Waals surface area contributed by atoms with Crippen LogP contribution in [0.5, 0.6) is 0 Å². The van der Waals surface area contributed by atoms with Crippen molar-refractivity contribution in [3.63, 3.8) is 0 Å². The van der Waals surface area contributed by atoms with Gasteiger partial charge in [0.25, 0.3) is 5.91 Å². The first kappa shape index (κ1) is 16.7. The van der Waals surface area contributed by atoms with Gasteiger partial charge in [0.15, 0.2) is 4.80 Å². The fourth-order valence-electron chi connectivity index (χ4n) is 3.13. The lowest BCUT2D eigenvalue weighted by atomic mass is 9.97. The highest BCUT2D eigenvalue weighted by Gasteiger charge is 2.10. The van der Waals surface area contributed by atoms with Crippen LogP contribution in [0.4, 0.5) is 0 Å². The molecule has 0 unspecified atom stereocenters. The van der Waals surface area contributed by atoms with E-state index >= 15 is 0 Å². The molecule has 1 aromatic heterocycles. The average molecular weight is 338 g/mol. The molecule has 0 aliphatic rings. The molecule has 0 aliphatic heterocycles. The van der Waals surface area contributed by atoms with Crippen LogP contribution >= 0.6 is 11.3 Å². The van der Waals surface area contributed by atoms with Gasteiger partial charge in [-0.2, -0.15) is 4.99 Å². The highest BCUT2D eigenvalue weighted by atomic mass is 32.1. The summed E-state index contributed by atoms with van der Waals surface area (Å²) >= 11 is 1.56. The van der Waals surface area contributed by atoms with Gasteiger partial charge in [0.2, 0.25) is 0 Å². The van der Waals surface area contributed by atoms with E-state index < -0.39 is 0 Å². The third-order valence-electron chi connectivity index (χ3n) is 4.35. The molecule has 124 valence electrons. The zero-order valence-corrected chi connectivity index (χ0v) is 15.6. The second-order valence-corrected chi connectivity index (χ2v) is 7.48. The quantitative estimate of drug-likeness (QED) is 0.691. The number of amides is 1. The Morgan fingerprint density at radius 1 is 1.04 bits per heavy atom. The Hall–Kier alpha value is -2.20. The van der Waals surface area contributed by atoms with Crippen molar-refractivity contribution in [1.82, 2.24) is 4.57 Å². The number of carbonyl (C=O) groups is 1. The lowest BCUT2D eigenvalue weighted by molar-refractivity contribution is -0.117. The lowest BCUT2D eigenvalue weighted by Gasteiger charge is -2.09. The van der Waals surface area contributed by atoms with E-state index in [0.717, 1.165) is 31.7 Å². The Labute approximate surface area is 146 Å². The minimum atomic E-state index is -0.0936. The van der Waals surface area contributed by atoms with Crippen molar-refractivity contribution in [2.24, 2.45) is 12.0 Å². The van der Waals surface area contributed by atoms with Crippen molar-refractivity contribution in [2.45, 2.75) is 34.1 Å². The molecule has 3 nitrogen and oxygen atoms in total. The highest BCUT2D eigenvalue weighted by molar-refractivity contribution is 7.16. The Kier molecular flexibility index (Phi) is 4.41. The molecular formula is C20H22N2OS. The molecule has 0 atom stereocenters. The Morgan fingerprint density at radius 3 is 2.38 bits per heavy atom. The fraction of sp³-hybridized carbons (Fsp3) is 0.300. The van der Waals surface area contributed by atoms with Gasteiger partial charge in [-0.1, -0.05) is 35.1 Å². The van der Waals surface area contributed by atoms with Gasteiger partial charge in [0.1, 0.15) is 0 Å². The second kappa shape index (κ2) is 6.36. The van der Waals surface area contributed by atoms with Crippen LogP contribution in [-0.2, 0) is 18.3 Å². The Bertz CT molecular complexity index is 985. The molecule has 4 heteroatoms. The van der Waals surface area contributed by atoms with Crippen LogP contribution < -0.4 is 4.80 Å². The summed E-state index contributed by atoms with van der Waals surface area (Å²) in [6.45, 7) is 8.27. The predicted octanol–water partition coefficient (Wildman–Crippen LogP) is 4.14. The molecule has 0 bridgehead atoms. The topological polar surface area (TPSA) is 34.4 Å². The molecule has 1 heterocycles. The van der Waals surface area contributed by atoms with Crippen molar-refractivity contribution in [2.75, 3.05) is 0 Å². The average Bonchev–Trinajstić information content (AvgIpc) is 2.78. The SMILES string of the molecule is Cc1cc(C)c(CC(=O)N=c2sc3cc(C)ccc3n2C)c(C)c1. The third kappa shape index (κ3) is 3.20. The lowest BCUT2D eigenvalue weighted by Crippen LogP contribution is -2.14. The second-order valence-electron chi connectivity index (χ2n) is 6.47. The first-order chi connectivity index (χ1) is 11.3. The summed E-state index contributed by atoms with van der Waals surface area (Å²) in [6.07, 6.45) is 0.352. The molecule has 0 fully saturated rings. The molecule has 0 saturated heterocycles. The first-order valence-electron chi connectivity index (χ1n) is 8.05. The number of hydrogen-bond acceptors (Lipinski definition) is 2. The van der Waals surface area contributed by atoms with Gasteiger partial charge in [0.05, 0.1) is 16.6 Å². The number of fused-ring (bicyclic) bond motifs is 1. The number of rotatable bonds is 2. The molecule has 24 heavy (non-hydrogen) atoms. The molecule has 3 rings (SSSR count). The molecule has 0 spiro atoms. The van der Waals surface area contributed by atoms with E-state index in [0.29, 0.717) is 6.42 Å². The van der Waals surface area contributed by atoms with Gasteiger partial charge in [0, 0.05) is 7.05 Å².